The smallest absolute Gasteiger partial charge is 0.258 e. The molecular formula is C23H31ClFN3O4. The quantitative estimate of drug-likeness (QED) is 0.486. The summed E-state index contributed by atoms with van der Waals surface area (Å²) >= 11 is 5.65. The average molecular weight is 468 g/mol. The molecule has 2 amide bonds. The minimum absolute atomic E-state index is 0.00477. The number of hydrogen-bond acceptors (Lipinski definition) is 5. The molecule has 5 rings (SSSR count). The van der Waals surface area contributed by atoms with Crippen LogP contribution in [0.1, 0.15) is 46.0 Å². The maximum absolute atomic E-state index is 13.5. The third-order valence-corrected chi connectivity index (χ3v) is 7.49. The summed E-state index contributed by atoms with van der Waals surface area (Å²) in [6.45, 7) is 4.63. The van der Waals surface area contributed by atoms with Gasteiger partial charge in [0.1, 0.15) is 11.6 Å². The molecule has 176 valence electrons. The first-order valence-electron chi connectivity index (χ1n) is 11.3. The predicted molar refractivity (Wildman–Crippen MR) is 117 cm³/mol. The van der Waals surface area contributed by atoms with Crippen molar-refractivity contribution in [2.45, 2.75) is 63.6 Å². The monoisotopic (exact) mass is 467 g/mol. The maximum atomic E-state index is 13.5. The molecule has 0 aromatic heterocycles. The lowest BCUT2D eigenvalue weighted by atomic mass is 9.76. The molecule has 4 atom stereocenters. The van der Waals surface area contributed by atoms with Crippen molar-refractivity contribution in [3.05, 3.63) is 29.0 Å². The SMILES string of the molecule is CC1NOC(C)C1CCCNC(=O)[C@H]1CC2(NC(=O)COc3ccc(Cl)c(F)c3)CC1C2. The van der Waals surface area contributed by atoms with Crippen molar-refractivity contribution in [1.82, 2.24) is 16.1 Å². The minimum Gasteiger partial charge on any atom is -0.484 e. The van der Waals surface area contributed by atoms with E-state index in [2.05, 4.69) is 30.0 Å². The first-order chi connectivity index (χ1) is 15.3. The summed E-state index contributed by atoms with van der Waals surface area (Å²) in [5.41, 5.74) is 2.69. The molecule has 7 nitrogen and oxygen atoms in total. The van der Waals surface area contributed by atoms with Crippen molar-refractivity contribution in [3.63, 3.8) is 0 Å². The molecule has 3 N–H and O–H groups in total. The van der Waals surface area contributed by atoms with E-state index in [-0.39, 0.29) is 46.8 Å². The predicted octanol–water partition coefficient (Wildman–Crippen LogP) is 2.97. The Morgan fingerprint density at radius 3 is 2.78 bits per heavy atom. The minimum atomic E-state index is -0.591. The molecule has 1 aromatic carbocycles. The average Bonchev–Trinajstić information content (AvgIpc) is 3.38. The number of hydrogen-bond donors (Lipinski definition) is 3. The highest BCUT2D eigenvalue weighted by Gasteiger charge is 2.58. The summed E-state index contributed by atoms with van der Waals surface area (Å²) in [5, 5.41) is 6.12. The van der Waals surface area contributed by atoms with E-state index in [1.54, 1.807) is 0 Å². The van der Waals surface area contributed by atoms with E-state index in [0.29, 0.717) is 30.8 Å². The van der Waals surface area contributed by atoms with Crippen LogP contribution >= 0.6 is 11.6 Å². The van der Waals surface area contributed by atoms with Crippen molar-refractivity contribution in [2.24, 2.45) is 17.8 Å². The normalized spacial score (nSPS) is 32.9. The fourth-order valence-electron chi connectivity index (χ4n) is 5.45. The standard InChI is InChI=1S/C23H31ClFN3O4/c1-13-17(14(2)32-28-13)4-3-7-26-22(30)18-11-23(9-15(18)10-23)27-21(29)12-31-16-5-6-19(24)20(25)8-16/h5-6,8,13-15,17-18,28H,3-4,7,9-12H2,1-2H3,(H,26,30)(H,27,29)/t13?,14?,15?,17?,18-,23?/m0/s1. The molecule has 1 saturated heterocycles. The Morgan fingerprint density at radius 2 is 2.09 bits per heavy atom. The zero-order chi connectivity index (χ0) is 22.9. The van der Waals surface area contributed by atoms with Crippen LogP contribution in [0.5, 0.6) is 5.75 Å². The Kier molecular flexibility index (Phi) is 6.93. The van der Waals surface area contributed by atoms with Crippen molar-refractivity contribution < 1.29 is 23.6 Å². The summed E-state index contributed by atoms with van der Waals surface area (Å²) in [5.74, 6) is 0.181. The van der Waals surface area contributed by atoms with Crippen LogP contribution in [-0.4, -0.2) is 42.7 Å². The molecule has 1 aromatic rings. The second-order valence-corrected chi connectivity index (χ2v) is 9.91. The molecule has 4 aliphatic rings. The second-order valence-electron chi connectivity index (χ2n) is 9.50. The number of ether oxygens (including phenoxy) is 1. The molecular weight excluding hydrogens is 437 g/mol. The number of benzene rings is 1. The number of fused-ring (bicyclic) bond motifs is 1. The van der Waals surface area contributed by atoms with Gasteiger partial charge in [-0.05, 0) is 64.0 Å². The molecule has 0 radical (unpaired) electrons. The molecule has 32 heavy (non-hydrogen) atoms. The zero-order valence-electron chi connectivity index (χ0n) is 18.5. The van der Waals surface area contributed by atoms with E-state index in [4.69, 9.17) is 21.2 Å². The van der Waals surface area contributed by atoms with Gasteiger partial charge in [-0.25, -0.2) is 4.39 Å². The van der Waals surface area contributed by atoms with Crippen LogP contribution in [0.3, 0.4) is 0 Å². The van der Waals surface area contributed by atoms with Gasteiger partial charge in [0, 0.05) is 36.0 Å². The van der Waals surface area contributed by atoms with Crippen LogP contribution in [0.2, 0.25) is 5.02 Å². The number of carbonyl (C=O) groups excluding carboxylic acids is 2. The number of hydroxylamine groups is 1. The van der Waals surface area contributed by atoms with Crippen LogP contribution in [0.25, 0.3) is 0 Å². The number of amides is 2. The van der Waals surface area contributed by atoms with Gasteiger partial charge in [-0.15, -0.1) is 0 Å². The highest BCUT2D eigenvalue weighted by molar-refractivity contribution is 6.30. The van der Waals surface area contributed by atoms with Crippen LogP contribution in [0.4, 0.5) is 4.39 Å². The number of nitrogens with one attached hydrogen (secondary N) is 3. The van der Waals surface area contributed by atoms with Gasteiger partial charge in [0.25, 0.3) is 5.91 Å². The summed E-state index contributed by atoms with van der Waals surface area (Å²) in [7, 11) is 0. The Bertz CT molecular complexity index is 854. The van der Waals surface area contributed by atoms with Gasteiger partial charge in [-0.3, -0.25) is 14.4 Å². The third kappa shape index (κ3) is 5.02. The number of rotatable bonds is 9. The lowest BCUT2D eigenvalue weighted by molar-refractivity contribution is -0.126. The van der Waals surface area contributed by atoms with Crippen molar-refractivity contribution >= 4 is 23.4 Å². The van der Waals surface area contributed by atoms with Crippen LogP contribution in [0, 0.1) is 23.6 Å². The van der Waals surface area contributed by atoms with Crippen LogP contribution in [0.15, 0.2) is 18.2 Å². The number of carbonyl (C=O) groups is 2. The van der Waals surface area contributed by atoms with E-state index in [1.807, 2.05) is 0 Å². The van der Waals surface area contributed by atoms with Gasteiger partial charge in [0.05, 0.1) is 11.1 Å². The molecule has 0 spiro atoms. The molecule has 3 saturated carbocycles. The van der Waals surface area contributed by atoms with E-state index in [1.165, 1.54) is 12.1 Å². The Morgan fingerprint density at radius 1 is 1.31 bits per heavy atom. The van der Waals surface area contributed by atoms with E-state index in [0.717, 1.165) is 31.7 Å². The highest BCUT2D eigenvalue weighted by atomic mass is 35.5. The lowest BCUT2D eigenvalue weighted by Crippen LogP contribution is -2.53. The largest absolute Gasteiger partial charge is 0.484 e. The van der Waals surface area contributed by atoms with Crippen LogP contribution in [-0.2, 0) is 14.4 Å². The maximum Gasteiger partial charge on any atom is 0.258 e. The molecule has 1 heterocycles. The first-order valence-corrected chi connectivity index (χ1v) is 11.7. The molecule has 3 aliphatic carbocycles. The third-order valence-electron chi connectivity index (χ3n) is 7.19. The van der Waals surface area contributed by atoms with E-state index in [9.17, 15) is 14.0 Å². The summed E-state index contributed by atoms with van der Waals surface area (Å²) < 4.78 is 18.9. The first kappa shape index (κ1) is 23.3. The van der Waals surface area contributed by atoms with Gasteiger partial charge < -0.3 is 15.4 Å². The van der Waals surface area contributed by atoms with Gasteiger partial charge in [-0.2, -0.15) is 5.48 Å². The molecule has 3 unspecified atom stereocenters. The highest BCUT2D eigenvalue weighted by Crippen LogP contribution is 2.55. The van der Waals surface area contributed by atoms with Crippen molar-refractivity contribution in [3.8, 4) is 5.75 Å². The fourth-order valence-corrected chi connectivity index (χ4v) is 5.57. The summed E-state index contributed by atoms with van der Waals surface area (Å²) in [6.07, 6.45) is 4.38. The van der Waals surface area contributed by atoms with Crippen LogP contribution < -0.4 is 20.9 Å². The van der Waals surface area contributed by atoms with Crippen molar-refractivity contribution in [2.75, 3.05) is 13.2 Å². The Balaban J connectivity index is 1.17. The number of halogens is 2. The van der Waals surface area contributed by atoms with Crippen molar-refractivity contribution in [1.29, 1.82) is 0 Å². The zero-order valence-corrected chi connectivity index (χ0v) is 19.2. The summed E-state index contributed by atoms with van der Waals surface area (Å²) in [6, 6.07) is 4.39. The van der Waals surface area contributed by atoms with Gasteiger partial charge in [0.15, 0.2) is 6.61 Å². The molecule has 9 heteroatoms. The van der Waals surface area contributed by atoms with E-state index < -0.39 is 5.82 Å². The Labute approximate surface area is 192 Å². The topological polar surface area (TPSA) is 88.7 Å². The van der Waals surface area contributed by atoms with Gasteiger partial charge in [-0.1, -0.05) is 11.6 Å². The Hall–Kier alpha value is -1.90. The van der Waals surface area contributed by atoms with Gasteiger partial charge >= 0.3 is 0 Å². The molecule has 2 bridgehead atoms. The second kappa shape index (κ2) is 9.53. The molecule has 4 fully saturated rings. The lowest BCUT2D eigenvalue weighted by Gasteiger charge is -2.39. The van der Waals surface area contributed by atoms with Gasteiger partial charge in [0.2, 0.25) is 5.91 Å². The van der Waals surface area contributed by atoms with E-state index >= 15 is 0 Å². The molecule has 1 aliphatic heterocycles. The summed E-state index contributed by atoms with van der Waals surface area (Å²) in [4.78, 5) is 30.5. The fraction of sp³-hybridized carbons (Fsp3) is 0.652.